The van der Waals surface area contributed by atoms with Crippen molar-refractivity contribution in [2.45, 2.75) is 12.8 Å². The van der Waals surface area contributed by atoms with Crippen LogP contribution in [0, 0.1) is 24.7 Å². The van der Waals surface area contributed by atoms with Crippen molar-refractivity contribution >= 4 is 6.16 Å². The largest absolute Gasteiger partial charge is 0.518 e. The number of carbonyl (C=O) groups excluding carboxylic acids is 1. The zero-order valence-corrected chi connectivity index (χ0v) is 7.60. The molecule has 0 N–H and O–H groups in total. The molecule has 3 heteroatoms. The quantitative estimate of drug-likeness (QED) is 0.387. The lowest BCUT2D eigenvalue weighted by Gasteiger charge is -1.94. The Morgan fingerprint density at radius 1 is 1.07 bits per heavy atom. The lowest BCUT2D eigenvalue weighted by Crippen LogP contribution is -1.97. The van der Waals surface area contributed by atoms with Gasteiger partial charge in [0.25, 0.3) is 0 Å². The van der Waals surface area contributed by atoms with E-state index in [1.165, 1.54) is 24.7 Å². The summed E-state index contributed by atoms with van der Waals surface area (Å²) < 4.78 is 8.97. The molecule has 0 unspecified atom stereocenters. The van der Waals surface area contributed by atoms with Crippen LogP contribution in [0.5, 0.6) is 0 Å². The fourth-order valence-corrected chi connectivity index (χ4v) is 0.467. The Kier molecular flexibility index (Phi) is 7.60. The minimum atomic E-state index is -0.827. The molecule has 0 spiro atoms. The molecule has 0 heterocycles. The maximum Gasteiger partial charge on any atom is 0.518 e. The van der Waals surface area contributed by atoms with Crippen molar-refractivity contribution in [1.82, 2.24) is 0 Å². The Labute approximate surface area is 83.4 Å². The van der Waals surface area contributed by atoms with E-state index in [-0.39, 0.29) is 0 Å². The summed E-state index contributed by atoms with van der Waals surface area (Å²) in [6, 6.07) is 0. The van der Waals surface area contributed by atoms with Crippen LogP contribution in [0.25, 0.3) is 0 Å². The van der Waals surface area contributed by atoms with Gasteiger partial charge in [-0.1, -0.05) is 0 Å². The number of allylic oxidation sites excluding steroid dienone is 2. The standard InChI is InChI=1S/C11H10O3/c1-3-5-7-9-13-11(12)14-10-8-6-4-2/h1-2,7-10H,5-6H2. The monoisotopic (exact) mass is 190 g/mol. The third-order valence-electron chi connectivity index (χ3n) is 0.992. The minimum absolute atomic E-state index is 0.403. The second-order valence-electron chi connectivity index (χ2n) is 2.05. The van der Waals surface area contributed by atoms with Crippen LogP contribution in [0.15, 0.2) is 24.7 Å². The van der Waals surface area contributed by atoms with Crippen molar-refractivity contribution in [3.63, 3.8) is 0 Å². The second-order valence-corrected chi connectivity index (χ2v) is 2.05. The van der Waals surface area contributed by atoms with Gasteiger partial charge in [0.15, 0.2) is 0 Å². The smallest absolute Gasteiger partial charge is 0.403 e. The normalized spacial score (nSPS) is 9.57. The van der Waals surface area contributed by atoms with E-state index < -0.39 is 6.16 Å². The summed E-state index contributed by atoms with van der Waals surface area (Å²) in [6.45, 7) is 0. The zero-order chi connectivity index (χ0) is 10.6. The van der Waals surface area contributed by atoms with E-state index in [1.54, 1.807) is 0 Å². The molecule has 0 radical (unpaired) electrons. The van der Waals surface area contributed by atoms with Gasteiger partial charge in [0, 0.05) is 12.8 Å². The molecule has 0 rings (SSSR count). The molecule has 3 nitrogen and oxygen atoms in total. The number of terminal acetylenes is 2. The van der Waals surface area contributed by atoms with Gasteiger partial charge >= 0.3 is 6.16 Å². The van der Waals surface area contributed by atoms with Crippen LogP contribution in [0.3, 0.4) is 0 Å². The molecule has 0 saturated carbocycles. The van der Waals surface area contributed by atoms with E-state index in [0.717, 1.165) is 0 Å². The average Bonchev–Trinajstić information content (AvgIpc) is 2.19. The first-order chi connectivity index (χ1) is 6.81. The van der Waals surface area contributed by atoms with Gasteiger partial charge in [0.05, 0.1) is 12.5 Å². The van der Waals surface area contributed by atoms with Gasteiger partial charge in [-0.2, -0.15) is 0 Å². The Bertz CT molecular complexity index is 269. The maximum absolute atomic E-state index is 10.7. The van der Waals surface area contributed by atoms with Gasteiger partial charge in [-0.05, 0) is 12.2 Å². The first kappa shape index (κ1) is 11.9. The van der Waals surface area contributed by atoms with Crippen molar-refractivity contribution in [2.24, 2.45) is 0 Å². The number of carbonyl (C=O) groups is 1. The van der Waals surface area contributed by atoms with Crippen LogP contribution >= 0.6 is 0 Å². The van der Waals surface area contributed by atoms with Gasteiger partial charge in [-0.25, -0.2) is 4.79 Å². The molecule has 0 bridgehead atoms. The SMILES string of the molecule is C#CCC=COC(=O)OC=CCC#C. The third kappa shape index (κ3) is 7.97. The first-order valence-electron chi connectivity index (χ1n) is 3.85. The highest BCUT2D eigenvalue weighted by Gasteiger charge is 1.95. The topological polar surface area (TPSA) is 35.5 Å². The van der Waals surface area contributed by atoms with Crippen LogP contribution < -0.4 is 0 Å². The molecule has 0 aliphatic heterocycles. The van der Waals surface area contributed by atoms with Crippen LogP contribution in [0.4, 0.5) is 4.79 Å². The molecule has 0 aromatic carbocycles. The van der Waals surface area contributed by atoms with Crippen molar-refractivity contribution in [1.29, 1.82) is 0 Å². The lowest BCUT2D eigenvalue weighted by atomic mass is 10.4. The molecule has 0 aromatic heterocycles. The molecule has 0 aromatic rings. The van der Waals surface area contributed by atoms with Crippen LogP contribution in [0.1, 0.15) is 12.8 Å². The molecule has 14 heavy (non-hydrogen) atoms. The Morgan fingerprint density at radius 3 is 1.86 bits per heavy atom. The average molecular weight is 190 g/mol. The summed E-state index contributed by atoms with van der Waals surface area (Å²) in [5, 5.41) is 0. The summed E-state index contributed by atoms with van der Waals surface area (Å²) >= 11 is 0. The molecule has 0 aliphatic carbocycles. The molecule has 0 fully saturated rings. The lowest BCUT2D eigenvalue weighted by molar-refractivity contribution is 0.119. The summed E-state index contributed by atoms with van der Waals surface area (Å²) in [5.74, 6) is 4.69. The highest BCUT2D eigenvalue weighted by atomic mass is 16.7. The molecule has 0 atom stereocenters. The van der Waals surface area contributed by atoms with Crippen LogP contribution in [-0.4, -0.2) is 6.16 Å². The molecule has 0 saturated heterocycles. The number of rotatable bonds is 4. The first-order valence-corrected chi connectivity index (χ1v) is 3.85. The zero-order valence-electron chi connectivity index (χ0n) is 7.60. The van der Waals surface area contributed by atoms with E-state index in [2.05, 4.69) is 21.3 Å². The van der Waals surface area contributed by atoms with E-state index in [9.17, 15) is 4.79 Å². The van der Waals surface area contributed by atoms with E-state index >= 15 is 0 Å². The van der Waals surface area contributed by atoms with Crippen molar-refractivity contribution in [2.75, 3.05) is 0 Å². The minimum Gasteiger partial charge on any atom is -0.403 e. The van der Waals surface area contributed by atoms with E-state index in [4.69, 9.17) is 12.8 Å². The Morgan fingerprint density at radius 2 is 1.50 bits per heavy atom. The highest BCUT2D eigenvalue weighted by molar-refractivity contribution is 5.61. The molecule has 0 aliphatic rings. The van der Waals surface area contributed by atoms with Gasteiger partial charge in [-0.3, -0.25) is 0 Å². The molecule has 0 amide bonds. The van der Waals surface area contributed by atoms with Gasteiger partial charge in [0.1, 0.15) is 0 Å². The summed E-state index contributed by atoms with van der Waals surface area (Å²) in [4.78, 5) is 10.7. The molecular formula is C11H10O3. The predicted octanol–water partition coefficient (Wildman–Crippen LogP) is 2.21. The van der Waals surface area contributed by atoms with Gasteiger partial charge in [0.2, 0.25) is 0 Å². The summed E-state index contributed by atoms with van der Waals surface area (Å²) in [6.07, 6.45) is 15.3. The van der Waals surface area contributed by atoms with E-state index in [0.29, 0.717) is 12.8 Å². The second kappa shape index (κ2) is 8.96. The third-order valence-corrected chi connectivity index (χ3v) is 0.992. The number of hydrogen-bond acceptors (Lipinski definition) is 3. The Balaban J connectivity index is 3.57. The summed E-state index contributed by atoms with van der Waals surface area (Å²) in [5.41, 5.74) is 0. The predicted molar refractivity (Wildman–Crippen MR) is 52.7 cm³/mol. The van der Waals surface area contributed by atoms with Crippen molar-refractivity contribution in [3.05, 3.63) is 24.7 Å². The number of hydrogen-bond donors (Lipinski definition) is 0. The number of ether oxygens (including phenoxy) is 2. The van der Waals surface area contributed by atoms with Crippen LogP contribution in [0.2, 0.25) is 0 Å². The summed E-state index contributed by atoms with van der Waals surface area (Å²) in [7, 11) is 0. The molecule has 72 valence electrons. The van der Waals surface area contributed by atoms with Crippen molar-refractivity contribution < 1.29 is 14.3 Å². The van der Waals surface area contributed by atoms with Gasteiger partial charge < -0.3 is 9.47 Å². The maximum atomic E-state index is 10.7. The highest BCUT2D eigenvalue weighted by Crippen LogP contribution is 1.90. The van der Waals surface area contributed by atoms with Crippen LogP contribution in [-0.2, 0) is 9.47 Å². The van der Waals surface area contributed by atoms with Crippen molar-refractivity contribution in [3.8, 4) is 24.7 Å². The van der Waals surface area contributed by atoms with Gasteiger partial charge in [-0.15, -0.1) is 24.7 Å². The fourth-order valence-electron chi connectivity index (χ4n) is 0.467. The van der Waals surface area contributed by atoms with E-state index in [1.807, 2.05) is 0 Å². The fraction of sp³-hybridized carbons (Fsp3) is 0.182. The Hall–Kier alpha value is -2.13. The molecular weight excluding hydrogens is 180 g/mol.